The van der Waals surface area contributed by atoms with Gasteiger partial charge in [0.05, 0.1) is 12.0 Å². The van der Waals surface area contributed by atoms with Gasteiger partial charge in [-0.15, -0.1) is 9.12 Å². The molecule has 0 rings (SSSR count). The van der Waals surface area contributed by atoms with E-state index in [2.05, 4.69) is 9.12 Å². The highest BCUT2D eigenvalue weighted by Crippen LogP contribution is 2.21. The Morgan fingerprint density at radius 2 is 2.18 bits per heavy atom. The van der Waals surface area contributed by atoms with E-state index in [1.807, 2.05) is 20.7 Å². The number of rotatable bonds is 8. The van der Waals surface area contributed by atoms with Crippen LogP contribution in [0.5, 0.6) is 0 Å². The minimum Gasteiger partial charge on any atom is -0.427 e. The third-order valence-electron chi connectivity index (χ3n) is 2.38. The summed E-state index contributed by atoms with van der Waals surface area (Å²) in [5.41, 5.74) is 0. The van der Waals surface area contributed by atoms with Gasteiger partial charge in [0.2, 0.25) is 13.0 Å². The first kappa shape index (κ1) is 15.4. The third-order valence-corrected chi connectivity index (χ3v) is 2.87. The molecule has 1 radical (unpaired) electrons. The van der Waals surface area contributed by atoms with Crippen LogP contribution >= 0.6 is 21.0 Å². The molecule has 1 unspecified atom stereocenters. The highest BCUT2D eigenvalue weighted by atomic mass is 32.2. The van der Waals surface area contributed by atoms with E-state index >= 15 is 0 Å². The van der Waals surface area contributed by atoms with Crippen molar-refractivity contribution in [3.05, 3.63) is 0 Å². The van der Waals surface area contributed by atoms with Crippen molar-refractivity contribution in [1.82, 2.24) is 4.90 Å². The Morgan fingerprint density at radius 3 is 2.59 bits per heavy atom. The normalized spacial score (nSPS) is 16.7. The second-order valence-corrected chi connectivity index (χ2v) is 5.55. The molecule has 8 heteroatoms. The molecule has 0 heterocycles. The minimum absolute atomic E-state index is 0.0160. The van der Waals surface area contributed by atoms with Gasteiger partial charge < -0.3 is 13.7 Å². The summed E-state index contributed by atoms with van der Waals surface area (Å²) in [5, 5.41) is 0. The molecule has 0 saturated heterocycles. The van der Waals surface area contributed by atoms with Crippen LogP contribution in [-0.2, 0) is 13.6 Å². The van der Waals surface area contributed by atoms with E-state index in [1.165, 1.54) is 4.90 Å². The predicted molar refractivity (Wildman–Crippen MR) is 79.3 cm³/mol. The Kier molecular flexibility index (Phi) is 7.60. The molecular weight excluding hydrogens is 255 g/mol. The molecule has 0 aromatic rings. The molecule has 0 N–H and O–H groups in total. The SMILES string of the molecule is [3H][B]SO[C@H]([C@H](C)OB(C)P)[C@H](C)C(=O)N(C)C. The maximum absolute atomic E-state index is 12.0. The lowest BCUT2D eigenvalue weighted by Crippen LogP contribution is -2.42. The van der Waals surface area contributed by atoms with E-state index in [9.17, 15) is 4.79 Å². The molecular formula is C9H21B2NO3PS. The van der Waals surface area contributed by atoms with Gasteiger partial charge in [-0.1, -0.05) is 25.6 Å². The van der Waals surface area contributed by atoms with Crippen LogP contribution in [0.4, 0.5) is 0 Å². The van der Waals surface area contributed by atoms with Crippen molar-refractivity contribution in [2.75, 3.05) is 14.1 Å². The molecule has 0 saturated carbocycles. The van der Waals surface area contributed by atoms with E-state index in [0.717, 1.165) is 19.0 Å². The summed E-state index contributed by atoms with van der Waals surface area (Å²) in [6, 6.07) is 0. The standard InChI is InChI=1S/C9H21B2NO3PS/c1-6(9(13)12(4)5)8(15-17-10)7(2)14-11(3)16/h6-8,10H,16H2,1-5H3/t6-,7-,8-/m0/s1/i10T. The first-order valence-electron chi connectivity index (χ1n) is 6.03. The Bertz CT molecular complexity index is 264. The van der Waals surface area contributed by atoms with Crippen LogP contribution < -0.4 is 0 Å². The maximum Gasteiger partial charge on any atom is 0.312 e. The smallest absolute Gasteiger partial charge is 0.312 e. The molecule has 0 bridgehead atoms. The third kappa shape index (κ3) is 6.14. The summed E-state index contributed by atoms with van der Waals surface area (Å²) in [4.78, 5) is 13.5. The zero-order chi connectivity index (χ0) is 14.3. The molecule has 0 fully saturated rings. The molecule has 0 aliphatic rings. The number of hydrogen-bond acceptors (Lipinski definition) is 4. The van der Waals surface area contributed by atoms with E-state index < -0.39 is 6.10 Å². The molecule has 17 heavy (non-hydrogen) atoms. The molecule has 0 aromatic carbocycles. The number of hydrogen-bond donors (Lipinski definition) is 0. The minimum atomic E-state index is -0.394. The van der Waals surface area contributed by atoms with E-state index in [-0.39, 0.29) is 24.6 Å². The fourth-order valence-corrected chi connectivity index (χ4v) is 2.30. The summed E-state index contributed by atoms with van der Waals surface area (Å²) in [5.74, 6) is -0.344. The van der Waals surface area contributed by atoms with Gasteiger partial charge in [0.1, 0.15) is 6.10 Å². The monoisotopic (exact) mass is 278 g/mol. The van der Waals surface area contributed by atoms with Crippen LogP contribution in [0.3, 0.4) is 0 Å². The van der Waals surface area contributed by atoms with Gasteiger partial charge in [0, 0.05) is 14.1 Å². The lowest BCUT2D eigenvalue weighted by atomic mass is 9.96. The molecule has 0 aromatic heterocycles. The van der Waals surface area contributed by atoms with E-state index in [4.69, 9.17) is 10.2 Å². The average Bonchev–Trinajstić information content (AvgIpc) is 2.27. The molecule has 0 spiro atoms. The highest BCUT2D eigenvalue weighted by Gasteiger charge is 2.31. The zero-order valence-electron chi connectivity index (χ0n) is 12.0. The topological polar surface area (TPSA) is 38.8 Å². The lowest BCUT2D eigenvalue weighted by Gasteiger charge is -2.30. The molecule has 97 valence electrons. The van der Waals surface area contributed by atoms with Gasteiger partial charge in [-0.3, -0.25) is 4.79 Å². The van der Waals surface area contributed by atoms with Crippen molar-refractivity contribution in [3.8, 4) is 0 Å². The van der Waals surface area contributed by atoms with E-state index in [0.29, 0.717) is 0 Å². The second kappa shape index (κ2) is 8.41. The molecule has 0 aliphatic carbocycles. The van der Waals surface area contributed by atoms with Crippen LogP contribution in [0.15, 0.2) is 0 Å². The van der Waals surface area contributed by atoms with Gasteiger partial charge in [0.25, 0.3) is 0 Å². The summed E-state index contributed by atoms with van der Waals surface area (Å²) < 4.78 is 18.1. The fourth-order valence-electron chi connectivity index (χ4n) is 1.60. The number of nitrogens with zero attached hydrogens (tertiary/aromatic N) is 1. The maximum atomic E-state index is 12.0. The number of carbonyl (C=O) groups excluding carboxylic acids is 1. The highest BCUT2D eigenvalue weighted by molar-refractivity contribution is 8.15. The Balaban J connectivity index is 4.69. The van der Waals surface area contributed by atoms with Gasteiger partial charge >= 0.3 is 6.64 Å². The first-order valence-corrected chi connectivity index (χ1v) is 6.92. The first-order chi connectivity index (χ1) is 8.31. The number of carbonyl (C=O) groups is 1. The van der Waals surface area contributed by atoms with E-state index in [1.54, 1.807) is 14.1 Å². The summed E-state index contributed by atoms with van der Waals surface area (Å²) in [6.45, 7) is 5.57. The Morgan fingerprint density at radius 1 is 1.59 bits per heavy atom. The van der Waals surface area contributed by atoms with Gasteiger partial charge in [0.15, 0.2) is 0 Å². The van der Waals surface area contributed by atoms with Gasteiger partial charge in [-0.25, -0.2) is 0 Å². The van der Waals surface area contributed by atoms with Crippen molar-refractivity contribution in [3.63, 3.8) is 0 Å². The van der Waals surface area contributed by atoms with Crippen LogP contribution in [-0.4, -0.2) is 52.2 Å². The number of amides is 1. The van der Waals surface area contributed by atoms with Gasteiger partial charge in [-0.2, -0.15) is 0 Å². The van der Waals surface area contributed by atoms with Crippen LogP contribution in [0.2, 0.25) is 6.82 Å². The summed E-state index contributed by atoms with van der Waals surface area (Å²) >= 11 is 0.913. The zero-order valence-corrected chi connectivity index (χ0v) is 13.0. The van der Waals surface area contributed by atoms with Gasteiger partial charge in [-0.05, 0) is 8.26 Å². The molecule has 0 aliphatic heterocycles. The largest absolute Gasteiger partial charge is 0.427 e. The van der Waals surface area contributed by atoms with Crippen LogP contribution in [0, 0.1) is 5.92 Å². The van der Waals surface area contributed by atoms with Crippen molar-refractivity contribution >= 4 is 40.6 Å². The van der Waals surface area contributed by atoms with Crippen molar-refractivity contribution in [2.24, 2.45) is 5.92 Å². The summed E-state index contributed by atoms with van der Waals surface area (Å²) in [7, 11) is 7.06. The Labute approximate surface area is 114 Å². The van der Waals surface area contributed by atoms with Crippen molar-refractivity contribution in [2.45, 2.75) is 32.9 Å². The fraction of sp³-hybridized carbons (Fsp3) is 0.889. The molecule has 4 nitrogen and oxygen atoms in total. The van der Waals surface area contributed by atoms with Crippen LogP contribution in [0.1, 0.15) is 13.8 Å². The lowest BCUT2D eigenvalue weighted by molar-refractivity contribution is -0.136. The van der Waals surface area contributed by atoms with Crippen molar-refractivity contribution in [1.29, 1.82) is 1.34 Å². The Hall–Kier alpha value is 0.300. The summed E-state index contributed by atoms with van der Waals surface area (Å²) in [6.07, 6.45) is -0.627. The predicted octanol–water partition coefficient (Wildman–Crippen LogP) is 0.958. The average molecular weight is 278 g/mol. The quantitative estimate of drug-likeness (QED) is 0.376. The molecule has 1 amide bonds. The van der Waals surface area contributed by atoms with Crippen molar-refractivity contribution < 1.29 is 13.6 Å². The second-order valence-electron chi connectivity index (χ2n) is 4.22. The van der Waals surface area contributed by atoms with Crippen LogP contribution in [0.25, 0.3) is 0 Å². The molecule has 4 atom stereocenters.